The first-order chi connectivity index (χ1) is 12.1. The molecular weight excluding hydrogens is 318 g/mol. The maximum atomic E-state index is 12.1. The Morgan fingerprint density at radius 2 is 1.92 bits per heavy atom. The van der Waals surface area contributed by atoms with E-state index in [0.29, 0.717) is 24.2 Å². The van der Waals surface area contributed by atoms with Crippen LogP contribution in [-0.2, 0) is 9.53 Å². The Kier molecular flexibility index (Phi) is 4.45. The lowest BCUT2D eigenvalue weighted by molar-refractivity contribution is -0.114. The van der Waals surface area contributed by atoms with E-state index in [4.69, 9.17) is 14.9 Å². The van der Waals surface area contributed by atoms with Crippen molar-refractivity contribution < 1.29 is 13.9 Å². The SMILES string of the molecule is N#CC(C#N)=C1OC2(CCCCC2)C(/C=C/c2ccco2)=C1C(N)=O. The molecule has 126 valence electrons. The number of nitrogens with two attached hydrogens (primary N) is 1. The molecule has 1 amide bonds. The fourth-order valence-corrected chi connectivity index (χ4v) is 3.48. The average Bonchev–Trinajstić information content (AvgIpc) is 3.22. The lowest BCUT2D eigenvalue weighted by atomic mass is 9.78. The topological polar surface area (TPSA) is 113 Å². The molecular formula is C19H17N3O3. The zero-order valence-electron chi connectivity index (χ0n) is 13.6. The van der Waals surface area contributed by atoms with Gasteiger partial charge in [0.05, 0.1) is 11.8 Å². The van der Waals surface area contributed by atoms with Gasteiger partial charge in [0.1, 0.15) is 23.5 Å². The molecule has 0 radical (unpaired) electrons. The molecule has 0 unspecified atom stereocenters. The van der Waals surface area contributed by atoms with Crippen LogP contribution in [0.5, 0.6) is 0 Å². The summed E-state index contributed by atoms with van der Waals surface area (Å²) in [6, 6.07) is 7.15. The number of amides is 1. The molecule has 0 atom stereocenters. The number of nitriles is 2. The molecule has 1 aliphatic heterocycles. The summed E-state index contributed by atoms with van der Waals surface area (Å²) < 4.78 is 11.4. The second-order valence-electron chi connectivity index (χ2n) is 6.09. The van der Waals surface area contributed by atoms with Crippen molar-refractivity contribution in [2.24, 2.45) is 5.73 Å². The summed E-state index contributed by atoms with van der Waals surface area (Å²) in [4.78, 5) is 12.1. The van der Waals surface area contributed by atoms with E-state index in [1.54, 1.807) is 42.7 Å². The molecule has 1 fully saturated rings. The van der Waals surface area contributed by atoms with Gasteiger partial charge in [0, 0.05) is 5.57 Å². The van der Waals surface area contributed by atoms with E-state index in [1.165, 1.54) is 0 Å². The van der Waals surface area contributed by atoms with Crippen LogP contribution in [-0.4, -0.2) is 11.5 Å². The van der Waals surface area contributed by atoms with Crippen LogP contribution in [0, 0.1) is 22.7 Å². The summed E-state index contributed by atoms with van der Waals surface area (Å²) in [7, 11) is 0. The van der Waals surface area contributed by atoms with Gasteiger partial charge in [-0.2, -0.15) is 10.5 Å². The molecule has 6 heteroatoms. The van der Waals surface area contributed by atoms with Gasteiger partial charge >= 0.3 is 0 Å². The molecule has 2 N–H and O–H groups in total. The zero-order chi connectivity index (χ0) is 17.9. The summed E-state index contributed by atoms with van der Waals surface area (Å²) in [6.07, 6.45) is 9.40. The van der Waals surface area contributed by atoms with Gasteiger partial charge in [-0.25, -0.2) is 0 Å². The molecule has 0 bridgehead atoms. The number of rotatable bonds is 3. The molecule has 0 saturated heterocycles. The summed E-state index contributed by atoms with van der Waals surface area (Å²) in [5, 5.41) is 18.4. The standard InChI is InChI=1S/C19H17N3O3/c20-11-13(12-21)17-16(18(22)23)15(7-6-14-5-4-10-24-14)19(25-17)8-2-1-3-9-19/h4-7,10H,1-3,8-9H2,(H2,22,23)/b7-6+. The second-order valence-corrected chi connectivity index (χ2v) is 6.09. The Hall–Kier alpha value is -3.25. The van der Waals surface area contributed by atoms with E-state index in [9.17, 15) is 15.3 Å². The minimum atomic E-state index is -0.722. The molecule has 1 aromatic heterocycles. The molecule has 25 heavy (non-hydrogen) atoms. The highest BCUT2D eigenvalue weighted by Gasteiger charge is 2.47. The van der Waals surface area contributed by atoms with Gasteiger partial charge in [0.25, 0.3) is 5.91 Å². The van der Waals surface area contributed by atoms with E-state index in [1.807, 2.05) is 0 Å². The van der Waals surface area contributed by atoms with Crippen molar-refractivity contribution >= 4 is 12.0 Å². The summed E-state index contributed by atoms with van der Waals surface area (Å²) in [5.74, 6) is -0.0847. The van der Waals surface area contributed by atoms with Crippen molar-refractivity contribution in [1.29, 1.82) is 10.5 Å². The number of primary amides is 1. The third-order valence-electron chi connectivity index (χ3n) is 4.60. The molecule has 1 saturated carbocycles. The normalized spacial score (nSPS) is 18.9. The third kappa shape index (κ3) is 2.95. The predicted molar refractivity (Wildman–Crippen MR) is 89.1 cm³/mol. The van der Waals surface area contributed by atoms with Crippen LogP contribution in [0.3, 0.4) is 0 Å². The first-order valence-corrected chi connectivity index (χ1v) is 8.11. The lowest BCUT2D eigenvalue weighted by Crippen LogP contribution is -2.33. The van der Waals surface area contributed by atoms with Gasteiger partial charge < -0.3 is 14.9 Å². The largest absolute Gasteiger partial charge is 0.480 e. The van der Waals surface area contributed by atoms with Crippen LogP contribution in [0.4, 0.5) is 0 Å². The first kappa shape index (κ1) is 16.6. The van der Waals surface area contributed by atoms with Crippen molar-refractivity contribution in [2.75, 3.05) is 0 Å². The zero-order valence-corrected chi connectivity index (χ0v) is 13.6. The van der Waals surface area contributed by atoms with Crippen LogP contribution in [0.1, 0.15) is 37.9 Å². The molecule has 3 rings (SSSR count). The number of carbonyl (C=O) groups excluding carboxylic acids is 1. The molecule has 2 heterocycles. The molecule has 6 nitrogen and oxygen atoms in total. The van der Waals surface area contributed by atoms with Crippen LogP contribution in [0.15, 0.2) is 51.4 Å². The van der Waals surface area contributed by atoms with Crippen molar-refractivity contribution in [2.45, 2.75) is 37.7 Å². The highest BCUT2D eigenvalue weighted by Crippen LogP contribution is 2.48. The monoisotopic (exact) mass is 335 g/mol. The Balaban J connectivity index is 2.19. The fourth-order valence-electron chi connectivity index (χ4n) is 3.48. The first-order valence-electron chi connectivity index (χ1n) is 8.11. The second kappa shape index (κ2) is 6.70. The van der Waals surface area contributed by atoms with Crippen molar-refractivity contribution in [3.05, 3.63) is 52.7 Å². The highest BCUT2D eigenvalue weighted by atomic mass is 16.5. The molecule has 1 aliphatic carbocycles. The average molecular weight is 335 g/mol. The molecule has 1 aromatic rings. The quantitative estimate of drug-likeness (QED) is 0.853. The summed E-state index contributed by atoms with van der Waals surface area (Å²) >= 11 is 0. The smallest absolute Gasteiger partial charge is 0.252 e. The van der Waals surface area contributed by atoms with Crippen molar-refractivity contribution in [3.8, 4) is 12.1 Å². The predicted octanol–water partition coefficient (Wildman–Crippen LogP) is 3.11. The van der Waals surface area contributed by atoms with Gasteiger partial charge in [0.15, 0.2) is 11.3 Å². The maximum absolute atomic E-state index is 12.1. The number of hydrogen-bond donors (Lipinski definition) is 1. The number of ether oxygens (including phenoxy) is 1. The lowest BCUT2D eigenvalue weighted by Gasteiger charge is -2.34. The van der Waals surface area contributed by atoms with Gasteiger partial charge in [-0.15, -0.1) is 0 Å². The van der Waals surface area contributed by atoms with Gasteiger partial charge in [0.2, 0.25) is 0 Å². The van der Waals surface area contributed by atoms with Crippen LogP contribution < -0.4 is 5.73 Å². The van der Waals surface area contributed by atoms with Crippen LogP contribution in [0.25, 0.3) is 6.08 Å². The third-order valence-corrected chi connectivity index (χ3v) is 4.60. The number of hydrogen-bond acceptors (Lipinski definition) is 5. The number of nitrogens with zero attached hydrogens (tertiary/aromatic N) is 2. The molecule has 1 spiro atoms. The Bertz CT molecular complexity index is 839. The maximum Gasteiger partial charge on any atom is 0.252 e. The van der Waals surface area contributed by atoms with E-state index in [0.717, 1.165) is 19.3 Å². The van der Waals surface area contributed by atoms with Crippen LogP contribution >= 0.6 is 0 Å². The minimum absolute atomic E-state index is 0.00139. The molecule has 0 aromatic carbocycles. The highest BCUT2D eigenvalue weighted by molar-refractivity contribution is 5.99. The minimum Gasteiger partial charge on any atom is -0.480 e. The summed E-state index contributed by atoms with van der Waals surface area (Å²) in [6.45, 7) is 0. The Morgan fingerprint density at radius 1 is 1.20 bits per heavy atom. The van der Waals surface area contributed by atoms with Gasteiger partial charge in [-0.05, 0) is 43.9 Å². The van der Waals surface area contributed by atoms with Crippen LogP contribution in [0.2, 0.25) is 0 Å². The molecule has 2 aliphatic rings. The summed E-state index contributed by atoms with van der Waals surface area (Å²) in [5.41, 5.74) is 5.35. The van der Waals surface area contributed by atoms with E-state index < -0.39 is 11.5 Å². The van der Waals surface area contributed by atoms with Crippen molar-refractivity contribution in [1.82, 2.24) is 0 Å². The Morgan fingerprint density at radius 3 is 2.48 bits per heavy atom. The van der Waals surface area contributed by atoms with Gasteiger partial charge in [-0.1, -0.05) is 12.5 Å². The van der Waals surface area contributed by atoms with Crippen molar-refractivity contribution in [3.63, 3.8) is 0 Å². The van der Waals surface area contributed by atoms with E-state index >= 15 is 0 Å². The number of carbonyl (C=O) groups is 1. The van der Waals surface area contributed by atoms with Gasteiger partial charge in [-0.3, -0.25) is 4.79 Å². The Labute approximate surface area is 145 Å². The van der Waals surface area contributed by atoms with E-state index in [2.05, 4.69) is 0 Å². The fraction of sp³-hybridized carbons (Fsp3) is 0.316. The number of allylic oxidation sites excluding steroid dienone is 1. The van der Waals surface area contributed by atoms with E-state index in [-0.39, 0.29) is 16.9 Å². The number of furan rings is 1.